The van der Waals surface area contributed by atoms with E-state index >= 15 is 0 Å². The molecule has 24 heavy (non-hydrogen) atoms. The van der Waals surface area contributed by atoms with Gasteiger partial charge in [-0.1, -0.05) is 0 Å². The Morgan fingerprint density at radius 2 is 1.92 bits per heavy atom. The van der Waals surface area contributed by atoms with Gasteiger partial charge in [-0.15, -0.1) is 0 Å². The van der Waals surface area contributed by atoms with E-state index in [1.807, 2.05) is 16.7 Å². The Kier molecular flexibility index (Phi) is 4.39. The van der Waals surface area contributed by atoms with Crippen LogP contribution in [0.15, 0.2) is 6.20 Å². The van der Waals surface area contributed by atoms with E-state index in [2.05, 4.69) is 23.7 Å². The molecule has 2 fully saturated rings. The first-order valence-corrected chi connectivity index (χ1v) is 9.92. The molecule has 0 spiro atoms. The molecular weight excluding hydrogens is 324 g/mol. The number of aromatic nitrogens is 2. The van der Waals surface area contributed by atoms with Gasteiger partial charge in [0.05, 0.1) is 30.0 Å². The van der Waals surface area contributed by atoms with Crippen LogP contribution in [0.4, 0.5) is 5.95 Å². The van der Waals surface area contributed by atoms with Crippen molar-refractivity contribution in [2.75, 3.05) is 29.5 Å². The second-order valence-electron chi connectivity index (χ2n) is 6.97. The maximum Gasteiger partial charge on any atom is 0.257 e. The van der Waals surface area contributed by atoms with Crippen molar-refractivity contribution in [1.82, 2.24) is 14.9 Å². The number of carbonyl (C=O) groups is 1. The highest BCUT2D eigenvalue weighted by Gasteiger charge is 2.35. The van der Waals surface area contributed by atoms with Gasteiger partial charge < -0.3 is 14.5 Å². The zero-order valence-corrected chi connectivity index (χ0v) is 15.1. The number of carbonyl (C=O) groups excluding carboxylic acids is 1. The summed E-state index contributed by atoms with van der Waals surface area (Å²) in [4.78, 5) is 26.1. The summed E-state index contributed by atoms with van der Waals surface area (Å²) in [7, 11) is 0. The first-order valence-electron chi connectivity index (χ1n) is 8.77. The van der Waals surface area contributed by atoms with Crippen molar-refractivity contribution in [3.05, 3.63) is 17.5 Å². The van der Waals surface area contributed by atoms with Crippen LogP contribution in [-0.4, -0.2) is 63.6 Å². The number of fused-ring (bicyclic) bond motifs is 1. The average molecular weight is 348 g/mol. The van der Waals surface area contributed by atoms with Crippen LogP contribution in [0, 0.1) is 0 Å². The fourth-order valence-electron chi connectivity index (χ4n) is 3.88. The molecule has 7 heteroatoms. The molecule has 0 bridgehead atoms. The first-order chi connectivity index (χ1) is 11.6. The predicted molar refractivity (Wildman–Crippen MR) is 94.5 cm³/mol. The van der Waals surface area contributed by atoms with E-state index in [1.54, 1.807) is 6.20 Å². The minimum absolute atomic E-state index is 0.108. The maximum atomic E-state index is 12.7. The van der Waals surface area contributed by atoms with Crippen LogP contribution in [0.5, 0.6) is 0 Å². The number of rotatable bonds is 2. The monoisotopic (exact) mass is 348 g/mol. The molecule has 1 aromatic heterocycles. The molecule has 4 rings (SSSR count). The molecule has 0 aromatic carbocycles. The molecule has 3 aliphatic rings. The van der Waals surface area contributed by atoms with Crippen LogP contribution in [0.25, 0.3) is 0 Å². The van der Waals surface area contributed by atoms with Gasteiger partial charge in [0.25, 0.3) is 5.91 Å². The molecule has 0 N–H and O–H groups in total. The Balaban J connectivity index is 1.54. The molecule has 3 aliphatic heterocycles. The molecule has 2 saturated heterocycles. The van der Waals surface area contributed by atoms with E-state index in [0.717, 1.165) is 49.1 Å². The molecule has 1 aromatic rings. The highest BCUT2D eigenvalue weighted by atomic mass is 32.2. The zero-order valence-electron chi connectivity index (χ0n) is 14.3. The molecule has 6 nitrogen and oxygen atoms in total. The third-order valence-corrected chi connectivity index (χ3v) is 6.05. The van der Waals surface area contributed by atoms with Gasteiger partial charge in [0.2, 0.25) is 5.95 Å². The number of morpholine rings is 1. The fourth-order valence-corrected chi connectivity index (χ4v) is 4.96. The smallest absolute Gasteiger partial charge is 0.257 e. The number of ether oxygens (including phenoxy) is 1. The maximum absolute atomic E-state index is 12.7. The molecule has 130 valence electrons. The van der Waals surface area contributed by atoms with Crippen molar-refractivity contribution in [2.45, 2.75) is 51.5 Å². The molecule has 0 radical (unpaired) electrons. The minimum Gasteiger partial charge on any atom is -0.372 e. The summed E-state index contributed by atoms with van der Waals surface area (Å²) in [6.07, 6.45) is 4.24. The predicted octanol–water partition coefficient (Wildman–Crippen LogP) is 1.94. The van der Waals surface area contributed by atoms with E-state index < -0.39 is 0 Å². The summed E-state index contributed by atoms with van der Waals surface area (Å²) in [5.74, 6) is 3.12. The van der Waals surface area contributed by atoms with Gasteiger partial charge in [-0.3, -0.25) is 4.79 Å². The Labute approximate surface area is 147 Å². The SMILES string of the molecule is C[C@@H]1CN(c2ncc3c(n2)CN(C2CCSCC2)C3=O)C[C@H](C)O1. The van der Waals surface area contributed by atoms with Gasteiger partial charge in [-0.05, 0) is 38.2 Å². The van der Waals surface area contributed by atoms with Crippen LogP contribution in [-0.2, 0) is 11.3 Å². The van der Waals surface area contributed by atoms with Crippen LogP contribution in [0.1, 0.15) is 42.7 Å². The highest BCUT2D eigenvalue weighted by Crippen LogP contribution is 2.30. The summed E-state index contributed by atoms with van der Waals surface area (Å²) in [6, 6.07) is 0.361. The normalized spacial score (nSPS) is 28.3. The summed E-state index contributed by atoms with van der Waals surface area (Å²) >= 11 is 1.98. The molecule has 0 saturated carbocycles. The number of anilines is 1. The summed E-state index contributed by atoms with van der Waals surface area (Å²) in [5, 5.41) is 0. The molecule has 0 unspecified atom stereocenters. The van der Waals surface area contributed by atoms with Crippen molar-refractivity contribution in [3.8, 4) is 0 Å². The Morgan fingerprint density at radius 3 is 2.62 bits per heavy atom. The summed E-state index contributed by atoms with van der Waals surface area (Å²) in [6.45, 7) is 6.36. The lowest BCUT2D eigenvalue weighted by Crippen LogP contribution is -2.46. The van der Waals surface area contributed by atoms with Crippen molar-refractivity contribution in [3.63, 3.8) is 0 Å². The molecule has 4 heterocycles. The van der Waals surface area contributed by atoms with Crippen LogP contribution in [0.3, 0.4) is 0 Å². The lowest BCUT2D eigenvalue weighted by atomic mass is 10.1. The third kappa shape index (κ3) is 2.99. The van der Waals surface area contributed by atoms with Gasteiger partial charge in [0.1, 0.15) is 0 Å². The zero-order chi connectivity index (χ0) is 16.7. The second kappa shape index (κ2) is 6.52. The molecular formula is C17H24N4O2S. The van der Waals surface area contributed by atoms with E-state index in [1.165, 1.54) is 0 Å². The molecule has 2 atom stereocenters. The highest BCUT2D eigenvalue weighted by molar-refractivity contribution is 7.99. The quantitative estimate of drug-likeness (QED) is 0.814. The average Bonchev–Trinajstić information content (AvgIpc) is 2.91. The van der Waals surface area contributed by atoms with Gasteiger partial charge in [0.15, 0.2) is 0 Å². The fraction of sp³-hybridized carbons (Fsp3) is 0.706. The lowest BCUT2D eigenvalue weighted by molar-refractivity contribution is -0.00573. The number of hydrogen-bond acceptors (Lipinski definition) is 6. The van der Waals surface area contributed by atoms with Crippen LogP contribution >= 0.6 is 11.8 Å². The van der Waals surface area contributed by atoms with Crippen molar-refractivity contribution in [2.24, 2.45) is 0 Å². The number of thioether (sulfide) groups is 1. The standard InChI is InChI=1S/C17H24N4O2S/c1-11-8-20(9-12(2)23-11)17-18-7-14-15(19-17)10-21(16(14)22)13-3-5-24-6-4-13/h7,11-13H,3-6,8-10H2,1-2H3/t11-,12+. The largest absolute Gasteiger partial charge is 0.372 e. The van der Waals surface area contributed by atoms with E-state index in [4.69, 9.17) is 9.72 Å². The van der Waals surface area contributed by atoms with E-state index in [9.17, 15) is 4.79 Å². The Bertz CT molecular complexity index is 625. The van der Waals surface area contributed by atoms with Crippen molar-refractivity contribution >= 4 is 23.6 Å². The first kappa shape index (κ1) is 16.1. The third-order valence-electron chi connectivity index (χ3n) is 5.00. The number of hydrogen-bond donors (Lipinski definition) is 0. The Hall–Kier alpha value is -1.34. The number of nitrogens with zero attached hydrogens (tertiary/aromatic N) is 4. The van der Waals surface area contributed by atoms with Gasteiger partial charge >= 0.3 is 0 Å². The summed E-state index contributed by atoms with van der Waals surface area (Å²) < 4.78 is 5.78. The summed E-state index contributed by atoms with van der Waals surface area (Å²) in [5.41, 5.74) is 1.57. The van der Waals surface area contributed by atoms with Gasteiger partial charge in [-0.25, -0.2) is 9.97 Å². The number of amides is 1. The van der Waals surface area contributed by atoms with Crippen LogP contribution in [0.2, 0.25) is 0 Å². The Morgan fingerprint density at radius 1 is 1.21 bits per heavy atom. The van der Waals surface area contributed by atoms with Crippen LogP contribution < -0.4 is 4.90 Å². The lowest BCUT2D eigenvalue weighted by Gasteiger charge is -2.35. The van der Waals surface area contributed by atoms with Gasteiger partial charge in [-0.2, -0.15) is 11.8 Å². The van der Waals surface area contributed by atoms with E-state index in [-0.39, 0.29) is 18.1 Å². The van der Waals surface area contributed by atoms with Crippen molar-refractivity contribution < 1.29 is 9.53 Å². The van der Waals surface area contributed by atoms with E-state index in [0.29, 0.717) is 18.2 Å². The van der Waals surface area contributed by atoms with Gasteiger partial charge in [0, 0.05) is 25.3 Å². The molecule has 0 aliphatic carbocycles. The molecule has 1 amide bonds. The minimum atomic E-state index is 0.108. The topological polar surface area (TPSA) is 58.6 Å². The van der Waals surface area contributed by atoms with Crippen molar-refractivity contribution in [1.29, 1.82) is 0 Å². The second-order valence-corrected chi connectivity index (χ2v) is 8.19.